The lowest BCUT2D eigenvalue weighted by atomic mass is 9.98. The van der Waals surface area contributed by atoms with E-state index in [1.807, 2.05) is 6.20 Å². The molecule has 1 saturated heterocycles. The summed E-state index contributed by atoms with van der Waals surface area (Å²) in [6, 6.07) is 4.32. The highest BCUT2D eigenvalue weighted by atomic mass is 79.9. The SMILES string of the molecule is O=C(c1ccc(C(F)(F)F)cc1)N1CC(Cn2cc(Br)cn2)C1. The van der Waals surface area contributed by atoms with Gasteiger partial charge in [0.25, 0.3) is 5.91 Å². The van der Waals surface area contributed by atoms with Crippen molar-refractivity contribution in [2.24, 2.45) is 5.92 Å². The molecule has 1 aromatic carbocycles. The molecule has 0 aliphatic carbocycles. The molecule has 4 nitrogen and oxygen atoms in total. The van der Waals surface area contributed by atoms with Gasteiger partial charge < -0.3 is 4.90 Å². The van der Waals surface area contributed by atoms with Crippen molar-refractivity contribution in [3.8, 4) is 0 Å². The third-order valence-electron chi connectivity index (χ3n) is 3.75. The maximum atomic E-state index is 12.5. The molecule has 0 N–H and O–H groups in total. The van der Waals surface area contributed by atoms with Crippen molar-refractivity contribution >= 4 is 21.8 Å². The van der Waals surface area contributed by atoms with Crippen LogP contribution in [-0.2, 0) is 12.7 Å². The monoisotopic (exact) mass is 387 g/mol. The molecule has 1 amide bonds. The number of hydrogen-bond acceptors (Lipinski definition) is 2. The van der Waals surface area contributed by atoms with Crippen LogP contribution < -0.4 is 0 Å². The summed E-state index contributed by atoms with van der Waals surface area (Å²) in [4.78, 5) is 13.8. The zero-order valence-corrected chi connectivity index (χ0v) is 13.5. The van der Waals surface area contributed by atoms with Gasteiger partial charge in [-0.3, -0.25) is 9.48 Å². The van der Waals surface area contributed by atoms with Crippen LogP contribution >= 0.6 is 15.9 Å². The average Bonchev–Trinajstić information content (AvgIpc) is 2.86. The third-order valence-corrected chi connectivity index (χ3v) is 4.16. The predicted molar refractivity (Wildman–Crippen MR) is 80.8 cm³/mol. The molecule has 0 bridgehead atoms. The van der Waals surface area contributed by atoms with Gasteiger partial charge in [-0.1, -0.05) is 0 Å². The number of likely N-dealkylation sites (tertiary alicyclic amines) is 1. The maximum Gasteiger partial charge on any atom is 0.416 e. The number of rotatable bonds is 3. The summed E-state index contributed by atoms with van der Waals surface area (Å²) in [5.74, 6) is 0.0665. The van der Waals surface area contributed by atoms with E-state index in [-0.39, 0.29) is 11.5 Å². The second kappa shape index (κ2) is 5.99. The van der Waals surface area contributed by atoms with Crippen molar-refractivity contribution in [2.45, 2.75) is 12.7 Å². The number of amides is 1. The van der Waals surface area contributed by atoms with Crippen molar-refractivity contribution in [1.29, 1.82) is 0 Å². The first-order chi connectivity index (χ1) is 10.8. The maximum absolute atomic E-state index is 12.5. The van der Waals surface area contributed by atoms with E-state index >= 15 is 0 Å². The number of carbonyl (C=O) groups is 1. The number of benzene rings is 1. The van der Waals surface area contributed by atoms with Gasteiger partial charge in [0.05, 0.1) is 16.2 Å². The van der Waals surface area contributed by atoms with Crippen LogP contribution in [0.5, 0.6) is 0 Å². The molecule has 8 heteroatoms. The summed E-state index contributed by atoms with van der Waals surface area (Å²) in [7, 11) is 0. The highest BCUT2D eigenvalue weighted by Gasteiger charge is 2.33. The highest BCUT2D eigenvalue weighted by molar-refractivity contribution is 9.10. The Morgan fingerprint density at radius 2 is 1.91 bits per heavy atom. The van der Waals surface area contributed by atoms with E-state index in [0.717, 1.165) is 16.6 Å². The van der Waals surface area contributed by atoms with Crippen LogP contribution in [-0.4, -0.2) is 33.7 Å². The molecule has 1 fully saturated rings. The minimum absolute atomic E-state index is 0.239. The quantitative estimate of drug-likeness (QED) is 0.808. The summed E-state index contributed by atoms with van der Waals surface area (Å²) in [6.45, 7) is 1.87. The number of alkyl halides is 3. The van der Waals surface area contributed by atoms with Crippen LogP contribution in [0.3, 0.4) is 0 Å². The molecule has 122 valence electrons. The van der Waals surface area contributed by atoms with Crippen molar-refractivity contribution in [1.82, 2.24) is 14.7 Å². The van der Waals surface area contributed by atoms with Gasteiger partial charge in [-0.05, 0) is 40.2 Å². The molecule has 1 aromatic heterocycles. The normalized spacial score (nSPS) is 15.6. The summed E-state index contributed by atoms with van der Waals surface area (Å²) in [5.41, 5.74) is -0.474. The van der Waals surface area contributed by atoms with Crippen LogP contribution in [0.25, 0.3) is 0 Å². The predicted octanol–water partition coefficient (Wildman–Crippen LogP) is 3.44. The Kier molecular flexibility index (Phi) is 4.18. The lowest BCUT2D eigenvalue weighted by molar-refractivity contribution is -0.137. The van der Waals surface area contributed by atoms with Gasteiger partial charge in [0.1, 0.15) is 0 Å². The van der Waals surface area contributed by atoms with Gasteiger partial charge in [0.15, 0.2) is 0 Å². The number of nitrogens with zero attached hydrogens (tertiary/aromatic N) is 3. The first kappa shape index (κ1) is 16.0. The molecule has 3 rings (SSSR count). The lowest BCUT2D eigenvalue weighted by Crippen LogP contribution is -2.51. The van der Waals surface area contributed by atoms with E-state index < -0.39 is 11.7 Å². The Bertz CT molecular complexity index is 706. The molecular weight excluding hydrogens is 375 g/mol. The van der Waals surface area contributed by atoms with Gasteiger partial charge in [0.2, 0.25) is 0 Å². The Balaban J connectivity index is 1.56. The first-order valence-electron chi connectivity index (χ1n) is 6.97. The van der Waals surface area contributed by atoms with Gasteiger partial charge in [-0.15, -0.1) is 0 Å². The Morgan fingerprint density at radius 3 is 2.43 bits per heavy atom. The van der Waals surface area contributed by atoms with Gasteiger partial charge in [-0.25, -0.2) is 0 Å². The molecule has 0 spiro atoms. The van der Waals surface area contributed by atoms with Crippen LogP contribution in [0.4, 0.5) is 13.2 Å². The Morgan fingerprint density at radius 1 is 1.26 bits per heavy atom. The molecule has 0 atom stereocenters. The van der Waals surface area contributed by atoms with Gasteiger partial charge in [-0.2, -0.15) is 18.3 Å². The fraction of sp³-hybridized carbons (Fsp3) is 0.333. The molecule has 0 unspecified atom stereocenters. The van der Waals surface area contributed by atoms with Crippen molar-refractivity contribution < 1.29 is 18.0 Å². The van der Waals surface area contributed by atoms with E-state index in [1.54, 1.807) is 15.8 Å². The molecule has 2 heterocycles. The molecule has 1 aliphatic heterocycles. The van der Waals surface area contributed by atoms with E-state index in [4.69, 9.17) is 0 Å². The third kappa shape index (κ3) is 3.57. The lowest BCUT2D eigenvalue weighted by Gasteiger charge is -2.39. The summed E-state index contributed by atoms with van der Waals surface area (Å²) in [5, 5.41) is 4.16. The van der Waals surface area contributed by atoms with E-state index in [9.17, 15) is 18.0 Å². The van der Waals surface area contributed by atoms with Crippen LogP contribution in [0, 0.1) is 5.92 Å². The standard InChI is InChI=1S/C15H13BrF3N3O/c16-13-5-20-22(9-13)8-10-6-21(7-10)14(23)11-1-3-12(4-2-11)15(17,18)19/h1-5,9-10H,6-8H2. The zero-order chi connectivity index (χ0) is 16.6. The number of aromatic nitrogens is 2. The van der Waals surface area contributed by atoms with Gasteiger partial charge >= 0.3 is 6.18 Å². The smallest absolute Gasteiger partial charge is 0.338 e. The topological polar surface area (TPSA) is 38.1 Å². The van der Waals surface area contributed by atoms with Crippen LogP contribution in [0.2, 0.25) is 0 Å². The van der Waals surface area contributed by atoms with Crippen molar-refractivity contribution in [2.75, 3.05) is 13.1 Å². The van der Waals surface area contributed by atoms with Crippen molar-refractivity contribution in [3.05, 3.63) is 52.3 Å². The fourth-order valence-corrected chi connectivity index (χ4v) is 2.87. The van der Waals surface area contributed by atoms with E-state index in [0.29, 0.717) is 25.6 Å². The minimum Gasteiger partial charge on any atom is -0.338 e. The molecule has 23 heavy (non-hydrogen) atoms. The Hall–Kier alpha value is -1.83. The molecule has 2 aromatic rings. The van der Waals surface area contributed by atoms with E-state index in [2.05, 4.69) is 21.0 Å². The zero-order valence-electron chi connectivity index (χ0n) is 11.9. The van der Waals surface area contributed by atoms with Gasteiger partial charge in [0, 0.05) is 37.3 Å². The van der Waals surface area contributed by atoms with Crippen molar-refractivity contribution in [3.63, 3.8) is 0 Å². The Labute approximate surface area is 139 Å². The number of carbonyl (C=O) groups excluding carboxylic acids is 1. The fourth-order valence-electron chi connectivity index (χ4n) is 2.54. The largest absolute Gasteiger partial charge is 0.416 e. The number of halogens is 4. The molecule has 1 aliphatic rings. The second-order valence-electron chi connectivity index (χ2n) is 5.53. The van der Waals surface area contributed by atoms with Crippen LogP contribution in [0.15, 0.2) is 41.1 Å². The average molecular weight is 388 g/mol. The molecular formula is C15H13BrF3N3O. The summed E-state index contributed by atoms with van der Waals surface area (Å²) >= 11 is 3.32. The van der Waals surface area contributed by atoms with E-state index in [1.165, 1.54) is 12.1 Å². The first-order valence-corrected chi connectivity index (χ1v) is 7.77. The molecule has 0 saturated carbocycles. The minimum atomic E-state index is -4.39. The highest BCUT2D eigenvalue weighted by Crippen LogP contribution is 2.29. The number of hydrogen-bond donors (Lipinski definition) is 0. The second-order valence-corrected chi connectivity index (χ2v) is 6.45. The molecule has 0 radical (unpaired) electrons. The summed E-state index contributed by atoms with van der Waals surface area (Å²) in [6.07, 6.45) is -0.828. The summed E-state index contributed by atoms with van der Waals surface area (Å²) < 4.78 is 40.2. The van der Waals surface area contributed by atoms with Crippen LogP contribution in [0.1, 0.15) is 15.9 Å².